The lowest BCUT2D eigenvalue weighted by Gasteiger charge is -2.07. The number of halogens is 1. The van der Waals surface area contributed by atoms with Gasteiger partial charge in [0.1, 0.15) is 17.4 Å². The Hall–Kier alpha value is -1.83. The maximum atomic E-state index is 5.49. The molecule has 0 aliphatic carbocycles. The summed E-state index contributed by atoms with van der Waals surface area (Å²) in [5.74, 6) is 2.69. The molecule has 0 aliphatic heterocycles. The van der Waals surface area contributed by atoms with Gasteiger partial charge in [-0.05, 0) is 53.8 Å². The van der Waals surface area contributed by atoms with Crippen LogP contribution >= 0.6 is 22.6 Å². The van der Waals surface area contributed by atoms with Crippen LogP contribution in [0.3, 0.4) is 0 Å². The van der Waals surface area contributed by atoms with Gasteiger partial charge in [0.25, 0.3) is 0 Å². The zero-order valence-corrected chi connectivity index (χ0v) is 13.0. The Kier molecular flexibility index (Phi) is 3.72. The highest BCUT2D eigenvalue weighted by atomic mass is 127. The summed E-state index contributed by atoms with van der Waals surface area (Å²) >= 11 is 2.15. The number of pyridine rings is 1. The second-order valence-electron chi connectivity index (χ2n) is 4.31. The first-order chi connectivity index (χ1) is 9.72. The van der Waals surface area contributed by atoms with Gasteiger partial charge in [0.2, 0.25) is 0 Å². The lowest BCUT2D eigenvalue weighted by Crippen LogP contribution is -2.01. The van der Waals surface area contributed by atoms with Crippen LogP contribution in [-0.2, 0) is 6.54 Å². The van der Waals surface area contributed by atoms with Crippen molar-refractivity contribution in [3.8, 4) is 5.82 Å². The first kappa shape index (κ1) is 13.2. The van der Waals surface area contributed by atoms with Crippen LogP contribution in [0.15, 0.2) is 47.3 Å². The highest BCUT2D eigenvalue weighted by Crippen LogP contribution is 2.14. The largest absolute Gasteiger partial charge is 0.454 e. The van der Waals surface area contributed by atoms with Crippen molar-refractivity contribution >= 4 is 28.3 Å². The second-order valence-corrected chi connectivity index (χ2v) is 5.37. The Morgan fingerprint density at radius 1 is 1.25 bits per heavy atom. The molecule has 0 unspecified atom stereocenters. The van der Waals surface area contributed by atoms with E-state index in [4.69, 9.17) is 4.42 Å². The van der Waals surface area contributed by atoms with E-state index in [1.165, 1.54) is 0 Å². The summed E-state index contributed by atoms with van der Waals surface area (Å²) in [5.41, 5.74) is 0.956. The molecule has 0 bridgehead atoms. The molecule has 5 nitrogen and oxygen atoms in total. The quantitative estimate of drug-likeness (QED) is 0.706. The summed E-state index contributed by atoms with van der Waals surface area (Å²) in [5, 5.41) is 3.28. The van der Waals surface area contributed by atoms with Crippen LogP contribution in [0, 0.1) is 10.7 Å². The monoisotopic (exact) mass is 380 g/mol. The Bertz CT molecular complexity index is 702. The SMILES string of the molecule is Cc1nccn1-c1ccc(NCc2ccc(I)o2)cn1. The van der Waals surface area contributed by atoms with Crippen molar-refractivity contribution in [1.29, 1.82) is 0 Å². The molecule has 3 aromatic heterocycles. The first-order valence-electron chi connectivity index (χ1n) is 6.17. The third-order valence-electron chi connectivity index (χ3n) is 2.92. The number of furan rings is 1. The van der Waals surface area contributed by atoms with Gasteiger partial charge in [-0.25, -0.2) is 9.97 Å². The second kappa shape index (κ2) is 5.66. The van der Waals surface area contributed by atoms with Gasteiger partial charge in [-0.3, -0.25) is 4.57 Å². The zero-order valence-electron chi connectivity index (χ0n) is 10.9. The van der Waals surface area contributed by atoms with E-state index >= 15 is 0 Å². The van der Waals surface area contributed by atoms with E-state index in [2.05, 4.69) is 37.9 Å². The molecule has 0 aliphatic rings. The molecule has 102 valence electrons. The molecular formula is C14H13IN4O. The van der Waals surface area contributed by atoms with E-state index in [-0.39, 0.29) is 0 Å². The molecule has 6 heteroatoms. The van der Waals surface area contributed by atoms with Crippen molar-refractivity contribution < 1.29 is 4.42 Å². The molecular weight excluding hydrogens is 367 g/mol. The molecule has 20 heavy (non-hydrogen) atoms. The molecule has 0 atom stereocenters. The molecule has 0 spiro atoms. The first-order valence-corrected chi connectivity index (χ1v) is 7.25. The predicted octanol–water partition coefficient (Wildman–Crippen LogP) is 3.39. The number of aryl methyl sites for hydroxylation is 1. The normalized spacial score (nSPS) is 10.7. The topological polar surface area (TPSA) is 55.9 Å². The Morgan fingerprint density at radius 2 is 2.15 bits per heavy atom. The maximum absolute atomic E-state index is 5.49. The van der Waals surface area contributed by atoms with E-state index in [1.54, 1.807) is 6.20 Å². The van der Waals surface area contributed by atoms with Gasteiger partial charge in [0.05, 0.1) is 18.4 Å². The molecule has 0 aromatic carbocycles. The number of imidazole rings is 1. The van der Waals surface area contributed by atoms with Crippen molar-refractivity contribution in [2.75, 3.05) is 5.32 Å². The van der Waals surface area contributed by atoms with Crippen LogP contribution < -0.4 is 5.32 Å². The maximum Gasteiger partial charge on any atom is 0.164 e. The van der Waals surface area contributed by atoms with Crippen LogP contribution in [0.2, 0.25) is 0 Å². The average molecular weight is 380 g/mol. The van der Waals surface area contributed by atoms with Gasteiger partial charge >= 0.3 is 0 Å². The molecule has 0 amide bonds. The van der Waals surface area contributed by atoms with Gasteiger partial charge in [-0.2, -0.15) is 0 Å². The number of nitrogens with one attached hydrogen (secondary N) is 1. The van der Waals surface area contributed by atoms with Crippen LogP contribution in [0.5, 0.6) is 0 Å². The summed E-state index contributed by atoms with van der Waals surface area (Å²) in [6.45, 7) is 2.60. The minimum Gasteiger partial charge on any atom is -0.454 e. The highest BCUT2D eigenvalue weighted by Gasteiger charge is 2.03. The minimum absolute atomic E-state index is 0.647. The minimum atomic E-state index is 0.647. The number of hydrogen-bond donors (Lipinski definition) is 1. The fourth-order valence-electron chi connectivity index (χ4n) is 1.89. The number of anilines is 1. The molecule has 3 aromatic rings. The van der Waals surface area contributed by atoms with Crippen molar-refractivity contribution in [3.05, 3.63) is 58.2 Å². The molecule has 3 rings (SSSR count). The summed E-state index contributed by atoms with van der Waals surface area (Å²) in [6, 6.07) is 7.87. The van der Waals surface area contributed by atoms with E-state index < -0.39 is 0 Å². The Morgan fingerprint density at radius 3 is 2.75 bits per heavy atom. The standard InChI is InChI=1S/C14H13IN4O/c1-10-16-6-7-19(10)14-5-2-11(8-18-14)17-9-12-3-4-13(15)20-12/h2-8,17H,9H2,1H3. The number of rotatable bonds is 4. The highest BCUT2D eigenvalue weighted by molar-refractivity contribution is 14.1. The van der Waals surface area contributed by atoms with Gasteiger partial charge < -0.3 is 9.73 Å². The number of hydrogen-bond acceptors (Lipinski definition) is 4. The fourth-order valence-corrected chi connectivity index (χ4v) is 2.35. The van der Waals surface area contributed by atoms with Gasteiger partial charge in [0.15, 0.2) is 3.77 Å². The van der Waals surface area contributed by atoms with Crippen LogP contribution in [0.4, 0.5) is 5.69 Å². The van der Waals surface area contributed by atoms with Crippen molar-refractivity contribution in [3.63, 3.8) is 0 Å². The van der Waals surface area contributed by atoms with Crippen molar-refractivity contribution in [1.82, 2.24) is 14.5 Å². The van der Waals surface area contributed by atoms with E-state index in [9.17, 15) is 0 Å². The molecule has 0 saturated heterocycles. The Balaban J connectivity index is 1.69. The zero-order chi connectivity index (χ0) is 13.9. The molecule has 0 radical (unpaired) electrons. The molecule has 0 fully saturated rings. The van der Waals surface area contributed by atoms with Crippen LogP contribution in [0.1, 0.15) is 11.6 Å². The fraction of sp³-hybridized carbons (Fsp3) is 0.143. The van der Waals surface area contributed by atoms with E-state index in [0.29, 0.717) is 6.54 Å². The predicted molar refractivity (Wildman–Crippen MR) is 84.8 cm³/mol. The van der Waals surface area contributed by atoms with Gasteiger partial charge in [0, 0.05) is 12.4 Å². The lowest BCUT2D eigenvalue weighted by atomic mass is 10.3. The number of aromatic nitrogens is 3. The average Bonchev–Trinajstić information content (AvgIpc) is 3.06. The van der Waals surface area contributed by atoms with Crippen molar-refractivity contribution in [2.24, 2.45) is 0 Å². The van der Waals surface area contributed by atoms with Crippen LogP contribution in [-0.4, -0.2) is 14.5 Å². The summed E-state index contributed by atoms with van der Waals surface area (Å²) in [6.07, 6.45) is 5.47. The smallest absolute Gasteiger partial charge is 0.164 e. The third-order valence-corrected chi connectivity index (χ3v) is 3.50. The third kappa shape index (κ3) is 2.84. The summed E-state index contributed by atoms with van der Waals surface area (Å²) in [4.78, 5) is 8.62. The van der Waals surface area contributed by atoms with Crippen molar-refractivity contribution in [2.45, 2.75) is 13.5 Å². The molecule has 0 saturated carbocycles. The summed E-state index contributed by atoms with van der Waals surface area (Å²) < 4.78 is 8.33. The number of nitrogens with zero attached hydrogens (tertiary/aromatic N) is 3. The van der Waals surface area contributed by atoms with Crippen LogP contribution in [0.25, 0.3) is 5.82 Å². The van der Waals surface area contributed by atoms with Gasteiger partial charge in [-0.15, -0.1) is 0 Å². The molecule has 1 N–H and O–H groups in total. The van der Waals surface area contributed by atoms with Gasteiger partial charge in [-0.1, -0.05) is 0 Å². The summed E-state index contributed by atoms with van der Waals surface area (Å²) in [7, 11) is 0. The van der Waals surface area contributed by atoms with E-state index in [1.807, 2.05) is 48.1 Å². The Labute approximate surface area is 130 Å². The molecule has 3 heterocycles. The van der Waals surface area contributed by atoms with E-state index in [0.717, 1.165) is 26.9 Å². The lowest BCUT2D eigenvalue weighted by molar-refractivity contribution is 0.493.